The molecule has 0 radical (unpaired) electrons. The molecule has 1 amide bonds. The predicted octanol–water partition coefficient (Wildman–Crippen LogP) is 5.23. The highest BCUT2D eigenvalue weighted by Crippen LogP contribution is 2.36. The highest BCUT2D eigenvalue weighted by molar-refractivity contribution is 8.00. The fraction of sp³-hybridized carbons (Fsp3) is 0.158. The van der Waals surface area contributed by atoms with Gasteiger partial charge in [-0.3, -0.25) is 4.79 Å². The third kappa shape index (κ3) is 4.04. The molecule has 1 atom stereocenters. The normalized spacial score (nSPS) is 11.9. The van der Waals surface area contributed by atoms with E-state index in [0.717, 1.165) is 21.0 Å². The van der Waals surface area contributed by atoms with Gasteiger partial charge in [-0.05, 0) is 31.5 Å². The van der Waals surface area contributed by atoms with Crippen LogP contribution in [0, 0.1) is 13.8 Å². The molecule has 0 aliphatic rings. The average Bonchev–Trinajstić information content (AvgIpc) is 2.91. The van der Waals surface area contributed by atoms with Gasteiger partial charge in [0, 0.05) is 9.77 Å². The lowest BCUT2D eigenvalue weighted by Gasteiger charge is -2.16. The van der Waals surface area contributed by atoms with Crippen LogP contribution in [0.5, 0.6) is 0 Å². The van der Waals surface area contributed by atoms with Crippen molar-refractivity contribution in [2.24, 2.45) is 0 Å². The summed E-state index contributed by atoms with van der Waals surface area (Å²) in [6, 6.07) is 19.8. The van der Waals surface area contributed by atoms with Crippen molar-refractivity contribution in [2.75, 3.05) is 5.32 Å². The number of rotatable bonds is 5. The smallest absolute Gasteiger partial charge is 0.244 e. The fourth-order valence-electron chi connectivity index (χ4n) is 2.23. The molecule has 0 bridgehead atoms. The Labute approximate surface area is 150 Å². The number of hydrogen-bond acceptors (Lipinski definition) is 4. The van der Waals surface area contributed by atoms with Crippen molar-refractivity contribution in [3.8, 4) is 0 Å². The van der Waals surface area contributed by atoms with E-state index in [1.807, 2.05) is 74.5 Å². The largest absolute Gasteiger partial charge is 0.301 e. The number of aromatic nitrogens is 1. The quantitative estimate of drug-likeness (QED) is 0.638. The Morgan fingerprint density at radius 2 is 1.67 bits per heavy atom. The van der Waals surface area contributed by atoms with Crippen LogP contribution in [0.25, 0.3) is 0 Å². The molecule has 0 saturated carbocycles. The Bertz CT molecular complexity index is 796. The van der Waals surface area contributed by atoms with Gasteiger partial charge in [0.2, 0.25) is 5.91 Å². The Kier molecular flexibility index (Phi) is 5.33. The SMILES string of the molecule is Cc1nc(NC(=O)[C@@H](Sc2ccccc2)c2ccccc2)sc1C. The van der Waals surface area contributed by atoms with Crippen molar-refractivity contribution in [2.45, 2.75) is 24.0 Å². The second-order valence-electron chi connectivity index (χ2n) is 5.37. The van der Waals surface area contributed by atoms with Gasteiger partial charge in [0.25, 0.3) is 0 Å². The van der Waals surface area contributed by atoms with E-state index in [0.29, 0.717) is 5.13 Å². The van der Waals surface area contributed by atoms with Gasteiger partial charge in [-0.15, -0.1) is 23.1 Å². The number of hydrogen-bond donors (Lipinski definition) is 1. The second kappa shape index (κ2) is 7.64. The summed E-state index contributed by atoms with van der Waals surface area (Å²) in [6.07, 6.45) is 0. The van der Waals surface area contributed by atoms with Crippen molar-refractivity contribution < 1.29 is 4.79 Å². The molecule has 24 heavy (non-hydrogen) atoms. The number of anilines is 1. The third-order valence-corrected chi connectivity index (χ3v) is 5.85. The maximum absolute atomic E-state index is 12.9. The first-order valence-electron chi connectivity index (χ1n) is 7.65. The second-order valence-corrected chi connectivity index (χ2v) is 7.75. The molecule has 0 aliphatic heterocycles. The number of nitrogens with zero attached hydrogens (tertiary/aromatic N) is 1. The zero-order chi connectivity index (χ0) is 16.9. The summed E-state index contributed by atoms with van der Waals surface area (Å²) in [5.74, 6) is -0.0520. The summed E-state index contributed by atoms with van der Waals surface area (Å²) in [6.45, 7) is 3.96. The average molecular weight is 355 g/mol. The van der Waals surface area contributed by atoms with E-state index in [4.69, 9.17) is 0 Å². The van der Waals surface area contributed by atoms with E-state index in [9.17, 15) is 4.79 Å². The van der Waals surface area contributed by atoms with Gasteiger partial charge in [-0.1, -0.05) is 48.5 Å². The van der Waals surface area contributed by atoms with Crippen molar-refractivity contribution >= 4 is 34.1 Å². The molecule has 0 spiro atoms. The van der Waals surface area contributed by atoms with Gasteiger partial charge in [0.05, 0.1) is 5.69 Å². The van der Waals surface area contributed by atoms with Crippen molar-refractivity contribution in [1.29, 1.82) is 0 Å². The van der Waals surface area contributed by atoms with Gasteiger partial charge in [-0.25, -0.2) is 4.98 Å². The molecule has 1 heterocycles. The highest BCUT2D eigenvalue weighted by Gasteiger charge is 2.23. The monoisotopic (exact) mass is 354 g/mol. The van der Waals surface area contributed by atoms with Gasteiger partial charge in [0.1, 0.15) is 5.25 Å². The van der Waals surface area contributed by atoms with Crippen LogP contribution < -0.4 is 5.32 Å². The minimum atomic E-state index is -0.321. The van der Waals surface area contributed by atoms with Crippen molar-refractivity contribution in [1.82, 2.24) is 4.98 Å². The number of nitrogens with one attached hydrogen (secondary N) is 1. The summed E-state index contributed by atoms with van der Waals surface area (Å²) in [7, 11) is 0. The Hall–Kier alpha value is -2.11. The summed E-state index contributed by atoms with van der Waals surface area (Å²) < 4.78 is 0. The number of carbonyl (C=O) groups excluding carboxylic acids is 1. The molecule has 3 nitrogen and oxygen atoms in total. The topological polar surface area (TPSA) is 42.0 Å². The number of aryl methyl sites for hydroxylation is 2. The maximum Gasteiger partial charge on any atom is 0.244 e. The molecule has 5 heteroatoms. The maximum atomic E-state index is 12.9. The Morgan fingerprint density at radius 3 is 2.25 bits per heavy atom. The molecule has 0 aliphatic carbocycles. The van der Waals surface area contributed by atoms with E-state index in [1.165, 1.54) is 11.3 Å². The summed E-state index contributed by atoms with van der Waals surface area (Å²) >= 11 is 3.05. The van der Waals surface area contributed by atoms with Gasteiger partial charge >= 0.3 is 0 Å². The highest BCUT2D eigenvalue weighted by atomic mass is 32.2. The standard InChI is InChI=1S/C19H18N2OS2/c1-13-14(2)23-19(20-13)21-18(22)17(15-9-5-3-6-10-15)24-16-11-7-4-8-12-16/h3-12,17H,1-2H3,(H,20,21,22)/t17-/m0/s1. The zero-order valence-electron chi connectivity index (χ0n) is 13.5. The summed E-state index contributed by atoms with van der Waals surface area (Å²) in [4.78, 5) is 19.5. The van der Waals surface area contributed by atoms with Crippen LogP contribution in [0.15, 0.2) is 65.6 Å². The number of thiazole rings is 1. The first-order valence-corrected chi connectivity index (χ1v) is 9.34. The lowest BCUT2D eigenvalue weighted by Crippen LogP contribution is -2.18. The predicted molar refractivity (Wildman–Crippen MR) is 102 cm³/mol. The van der Waals surface area contributed by atoms with Crippen LogP contribution in [0.2, 0.25) is 0 Å². The number of carbonyl (C=O) groups is 1. The van der Waals surface area contributed by atoms with E-state index in [-0.39, 0.29) is 11.2 Å². The minimum Gasteiger partial charge on any atom is -0.301 e. The lowest BCUT2D eigenvalue weighted by molar-refractivity contribution is -0.115. The Balaban J connectivity index is 1.84. The van der Waals surface area contributed by atoms with Crippen LogP contribution in [0.1, 0.15) is 21.4 Å². The molecule has 0 fully saturated rings. The molecule has 1 N–H and O–H groups in total. The molecule has 3 rings (SSSR count). The van der Waals surface area contributed by atoms with Crippen LogP contribution in [0.4, 0.5) is 5.13 Å². The van der Waals surface area contributed by atoms with Crippen LogP contribution in [-0.4, -0.2) is 10.9 Å². The van der Waals surface area contributed by atoms with Crippen LogP contribution in [0.3, 0.4) is 0 Å². The van der Waals surface area contributed by atoms with E-state index >= 15 is 0 Å². The van der Waals surface area contributed by atoms with Crippen molar-refractivity contribution in [3.63, 3.8) is 0 Å². The number of amides is 1. The van der Waals surface area contributed by atoms with Gasteiger partial charge < -0.3 is 5.32 Å². The molecule has 0 saturated heterocycles. The minimum absolute atomic E-state index is 0.0520. The van der Waals surface area contributed by atoms with Gasteiger partial charge in [0.15, 0.2) is 5.13 Å². The number of thioether (sulfide) groups is 1. The molecular formula is C19H18N2OS2. The molecule has 1 aromatic heterocycles. The van der Waals surface area contributed by atoms with Crippen LogP contribution >= 0.6 is 23.1 Å². The first-order chi connectivity index (χ1) is 11.6. The molecule has 3 aromatic rings. The lowest BCUT2D eigenvalue weighted by atomic mass is 10.1. The fourth-order valence-corrected chi connectivity index (χ4v) is 4.10. The number of benzene rings is 2. The molecule has 0 unspecified atom stereocenters. The Morgan fingerprint density at radius 1 is 1.04 bits per heavy atom. The summed E-state index contributed by atoms with van der Waals surface area (Å²) in [5, 5.41) is 3.31. The van der Waals surface area contributed by atoms with Crippen molar-refractivity contribution in [3.05, 3.63) is 76.8 Å². The van der Waals surface area contributed by atoms with E-state index in [2.05, 4.69) is 10.3 Å². The third-order valence-electron chi connectivity index (χ3n) is 3.60. The molecule has 122 valence electrons. The van der Waals surface area contributed by atoms with Crippen LogP contribution in [-0.2, 0) is 4.79 Å². The van der Waals surface area contributed by atoms with Gasteiger partial charge in [-0.2, -0.15) is 0 Å². The first kappa shape index (κ1) is 16.7. The molecule has 2 aromatic carbocycles. The van der Waals surface area contributed by atoms with E-state index < -0.39 is 0 Å². The van der Waals surface area contributed by atoms with E-state index in [1.54, 1.807) is 11.8 Å². The summed E-state index contributed by atoms with van der Waals surface area (Å²) in [5.41, 5.74) is 1.94. The zero-order valence-corrected chi connectivity index (χ0v) is 15.2. The molecular weight excluding hydrogens is 336 g/mol.